The molecule has 9 nitrogen and oxygen atoms in total. The summed E-state index contributed by atoms with van der Waals surface area (Å²) in [6.45, 7) is 3.62. The van der Waals surface area contributed by atoms with Gasteiger partial charge in [0.25, 0.3) is 5.91 Å². The number of hydrogen-bond acceptors (Lipinski definition) is 5. The number of amides is 2. The van der Waals surface area contributed by atoms with Gasteiger partial charge in [0, 0.05) is 24.6 Å². The maximum atomic E-state index is 12.8. The molecule has 3 N–H and O–H groups in total. The van der Waals surface area contributed by atoms with Gasteiger partial charge in [-0.25, -0.2) is 9.59 Å². The van der Waals surface area contributed by atoms with Gasteiger partial charge >= 0.3 is 12.1 Å². The van der Waals surface area contributed by atoms with Crippen LogP contribution in [0.3, 0.4) is 0 Å². The van der Waals surface area contributed by atoms with Crippen LogP contribution in [0.1, 0.15) is 40.2 Å². The smallest absolute Gasteiger partial charge is 0.412 e. The van der Waals surface area contributed by atoms with Crippen molar-refractivity contribution in [2.24, 2.45) is 7.05 Å². The minimum atomic E-state index is -1.11. The number of carbonyl (C=O) groups excluding carboxylic acids is 2. The van der Waals surface area contributed by atoms with E-state index in [0.29, 0.717) is 22.5 Å². The topological polar surface area (TPSA) is 123 Å². The van der Waals surface area contributed by atoms with Crippen LogP contribution >= 0.6 is 0 Å². The number of carboxylic acid groups (broad SMARTS) is 1. The van der Waals surface area contributed by atoms with Gasteiger partial charge in [-0.15, -0.1) is 0 Å². The van der Waals surface area contributed by atoms with Crippen LogP contribution in [0.15, 0.2) is 84.9 Å². The van der Waals surface area contributed by atoms with Crippen LogP contribution < -0.4 is 10.6 Å². The first-order valence-electron chi connectivity index (χ1n) is 12.5. The SMILES string of the molecule is Cc1c(NC(=O)O[C@H](C)c2ccccc2)c(-c2ccc(C(=O)NC(Cc3ccccc3)C(=O)O)cc2)nn1C. The predicted octanol–water partition coefficient (Wildman–Crippen LogP) is 5.13. The molecule has 1 aromatic heterocycles. The van der Waals surface area contributed by atoms with Gasteiger partial charge in [-0.1, -0.05) is 72.8 Å². The molecule has 200 valence electrons. The molecule has 0 saturated heterocycles. The average molecular weight is 527 g/mol. The van der Waals surface area contributed by atoms with Crippen LogP contribution in [0.2, 0.25) is 0 Å². The summed E-state index contributed by atoms with van der Waals surface area (Å²) < 4.78 is 7.20. The third-order valence-electron chi connectivity index (χ3n) is 6.42. The minimum absolute atomic E-state index is 0.168. The zero-order valence-corrected chi connectivity index (χ0v) is 21.9. The molecule has 2 amide bonds. The highest BCUT2D eigenvalue weighted by atomic mass is 16.6. The number of carboxylic acids is 1. The van der Waals surface area contributed by atoms with Crippen molar-refractivity contribution < 1.29 is 24.2 Å². The van der Waals surface area contributed by atoms with E-state index < -0.39 is 30.1 Å². The quantitative estimate of drug-likeness (QED) is 0.278. The van der Waals surface area contributed by atoms with E-state index in [4.69, 9.17) is 4.74 Å². The third-order valence-corrected chi connectivity index (χ3v) is 6.42. The minimum Gasteiger partial charge on any atom is -0.480 e. The molecule has 4 rings (SSSR count). The van der Waals surface area contributed by atoms with Gasteiger partial charge in [0.15, 0.2) is 0 Å². The molecule has 0 bridgehead atoms. The molecule has 0 fully saturated rings. The van der Waals surface area contributed by atoms with E-state index in [9.17, 15) is 19.5 Å². The number of aromatic nitrogens is 2. The molecule has 9 heteroatoms. The molecule has 0 saturated carbocycles. The summed E-state index contributed by atoms with van der Waals surface area (Å²) in [6.07, 6.45) is -0.889. The first-order chi connectivity index (χ1) is 18.7. The molecule has 0 radical (unpaired) electrons. The lowest BCUT2D eigenvalue weighted by Gasteiger charge is -2.15. The Hall–Kier alpha value is -4.92. The molecule has 0 aliphatic heterocycles. The number of aliphatic carboxylic acids is 1. The largest absolute Gasteiger partial charge is 0.480 e. The van der Waals surface area contributed by atoms with Crippen LogP contribution in [-0.2, 0) is 23.0 Å². The highest BCUT2D eigenvalue weighted by Gasteiger charge is 2.22. The lowest BCUT2D eigenvalue weighted by atomic mass is 10.0. The summed E-state index contributed by atoms with van der Waals surface area (Å²) in [4.78, 5) is 37.3. The van der Waals surface area contributed by atoms with Crippen LogP contribution in [0.25, 0.3) is 11.3 Å². The molecule has 4 aromatic rings. The summed E-state index contributed by atoms with van der Waals surface area (Å²) in [6, 6.07) is 24.1. The number of carbonyl (C=O) groups is 3. The van der Waals surface area contributed by atoms with E-state index in [1.807, 2.05) is 67.6 Å². The zero-order chi connectivity index (χ0) is 27.9. The van der Waals surface area contributed by atoms with Gasteiger partial charge in [-0.05, 0) is 37.1 Å². The molecule has 39 heavy (non-hydrogen) atoms. The maximum Gasteiger partial charge on any atom is 0.412 e. The summed E-state index contributed by atoms with van der Waals surface area (Å²) in [5.74, 6) is -1.61. The second kappa shape index (κ2) is 12.1. The molecule has 2 atom stereocenters. The van der Waals surface area contributed by atoms with E-state index in [1.165, 1.54) is 0 Å². The van der Waals surface area contributed by atoms with Crippen LogP contribution in [0.5, 0.6) is 0 Å². The second-order valence-corrected chi connectivity index (χ2v) is 9.15. The monoisotopic (exact) mass is 526 g/mol. The van der Waals surface area contributed by atoms with Crippen LogP contribution in [-0.4, -0.2) is 38.9 Å². The fraction of sp³-hybridized carbons (Fsp3) is 0.200. The van der Waals surface area contributed by atoms with E-state index in [2.05, 4.69) is 15.7 Å². The number of ether oxygens (including phenoxy) is 1. The van der Waals surface area contributed by atoms with E-state index >= 15 is 0 Å². The average Bonchev–Trinajstić information content (AvgIpc) is 3.22. The molecular formula is C30H30N4O5. The standard InChI is InChI=1S/C30H30N4O5/c1-19-26(32-30(38)39-20(2)22-12-8-5-9-13-22)27(33-34(19)3)23-14-16-24(17-15-23)28(35)31-25(29(36)37)18-21-10-6-4-7-11-21/h4-17,20,25H,18H2,1-3H3,(H,31,35)(H,32,38)(H,36,37)/t20-,25?/m1/s1. The van der Waals surface area contributed by atoms with Gasteiger partial charge in [0.1, 0.15) is 17.8 Å². The molecule has 0 aliphatic carbocycles. The fourth-order valence-electron chi connectivity index (χ4n) is 4.11. The van der Waals surface area contributed by atoms with E-state index in [-0.39, 0.29) is 6.42 Å². The molecule has 3 aromatic carbocycles. The number of benzene rings is 3. The highest BCUT2D eigenvalue weighted by molar-refractivity contribution is 5.97. The lowest BCUT2D eigenvalue weighted by molar-refractivity contribution is -0.139. The first kappa shape index (κ1) is 27.1. The van der Waals surface area contributed by atoms with Crippen molar-refractivity contribution >= 4 is 23.7 Å². The molecule has 1 heterocycles. The van der Waals surface area contributed by atoms with Gasteiger partial charge in [-0.2, -0.15) is 5.10 Å². The van der Waals surface area contributed by atoms with Crippen LogP contribution in [0, 0.1) is 6.92 Å². The van der Waals surface area contributed by atoms with Crippen molar-refractivity contribution in [2.45, 2.75) is 32.4 Å². The van der Waals surface area contributed by atoms with Crippen LogP contribution in [0.4, 0.5) is 10.5 Å². The summed E-state index contributed by atoms with van der Waals surface area (Å²) >= 11 is 0. The van der Waals surface area contributed by atoms with E-state index in [1.54, 1.807) is 42.9 Å². The first-order valence-corrected chi connectivity index (χ1v) is 12.5. The Kier molecular flexibility index (Phi) is 8.40. The number of nitrogens with zero attached hydrogens (tertiary/aromatic N) is 2. The highest BCUT2D eigenvalue weighted by Crippen LogP contribution is 2.30. The normalized spacial score (nSPS) is 12.3. The van der Waals surface area contributed by atoms with Gasteiger partial charge in [0.2, 0.25) is 0 Å². The summed E-state index contributed by atoms with van der Waals surface area (Å²) in [5.41, 5.74) is 4.38. The number of rotatable bonds is 9. The Bertz CT molecular complexity index is 1450. The van der Waals surface area contributed by atoms with Gasteiger partial charge < -0.3 is 15.2 Å². The lowest BCUT2D eigenvalue weighted by Crippen LogP contribution is -2.42. The van der Waals surface area contributed by atoms with Crippen molar-refractivity contribution in [1.29, 1.82) is 0 Å². The van der Waals surface area contributed by atoms with Crippen molar-refractivity contribution in [3.63, 3.8) is 0 Å². The molecular weight excluding hydrogens is 496 g/mol. The van der Waals surface area contributed by atoms with Gasteiger partial charge in [0.05, 0.1) is 11.4 Å². The second-order valence-electron chi connectivity index (χ2n) is 9.15. The van der Waals surface area contributed by atoms with E-state index in [0.717, 1.165) is 16.8 Å². The number of nitrogens with one attached hydrogen (secondary N) is 2. The molecule has 1 unspecified atom stereocenters. The van der Waals surface area contributed by atoms with Crippen molar-refractivity contribution in [2.75, 3.05) is 5.32 Å². The Morgan fingerprint density at radius 1 is 0.949 bits per heavy atom. The number of aryl methyl sites for hydroxylation is 1. The fourth-order valence-corrected chi connectivity index (χ4v) is 4.11. The van der Waals surface area contributed by atoms with Crippen molar-refractivity contribution in [3.8, 4) is 11.3 Å². The Labute approximate surface area is 226 Å². The maximum absolute atomic E-state index is 12.8. The Balaban J connectivity index is 1.47. The Morgan fingerprint density at radius 3 is 2.18 bits per heavy atom. The third kappa shape index (κ3) is 6.70. The number of anilines is 1. The Morgan fingerprint density at radius 2 is 1.56 bits per heavy atom. The zero-order valence-electron chi connectivity index (χ0n) is 21.9. The van der Waals surface area contributed by atoms with Gasteiger partial charge in [-0.3, -0.25) is 14.8 Å². The van der Waals surface area contributed by atoms with Crippen molar-refractivity contribution in [3.05, 3.63) is 107 Å². The van der Waals surface area contributed by atoms with Crippen molar-refractivity contribution in [1.82, 2.24) is 15.1 Å². The molecule has 0 aliphatic rings. The molecule has 0 spiro atoms. The summed E-state index contributed by atoms with van der Waals surface area (Å²) in [5, 5.41) is 19.5. The predicted molar refractivity (Wildman–Crippen MR) is 147 cm³/mol. The number of hydrogen-bond donors (Lipinski definition) is 3. The summed E-state index contributed by atoms with van der Waals surface area (Å²) in [7, 11) is 1.77.